The van der Waals surface area contributed by atoms with Gasteiger partial charge in [-0.2, -0.15) is 0 Å². The monoisotopic (exact) mass is 384 g/mol. The Balaban J connectivity index is 1.75. The number of allylic oxidation sites excluding steroid dienone is 2. The summed E-state index contributed by atoms with van der Waals surface area (Å²) >= 11 is 0. The van der Waals surface area contributed by atoms with Gasteiger partial charge < -0.3 is 9.47 Å². The molecule has 3 aromatic rings. The Morgan fingerprint density at radius 3 is 2.03 bits per heavy atom. The molecule has 146 valence electrons. The maximum Gasteiger partial charge on any atom is 0.178 e. The average molecular weight is 384 g/mol. The van der Waals surface area contributed by atoms with Crippen LogP contribution >= 0.6 is 0 Å². The number of rotatable bonds is 7. The third-order valence-corrected chi connectivity index (χ3v) is 4.68. The average Bonchev–Trinajstić information content (AvgIpc) is 2.77. The van der Waals surface area contributed by atoms with Gasteiger partial charge in [-0.25, -0.2) is 0 Å². The highest BCUT2D eigenvalue weighted by Gasteiger charge is 2.06. The second kappa shape index (κ2) is 9.56. The Labute approximate surface area is 171 Å². The number of carbonyl (C=O) groups is 1. The smallest absolute Gasteiger partial charge is 0.178 e. The predicted molar refractivity (Wildman–Crippen MR) is 119 cm³/mol. The highest BCUT2D eigenvalue weighted by Crippen LogP contribution is 2.29. The molecule has 3 nitrogen and oxygen atoms in total. The fourth-order valence-corrected chi connectivity index (χ4v) is 3.11. The quantitative estimate of drug-likeness (QED) is 0.471. The molecule has 3 rings (SSSR count). The molecule has 0 aromatic heterocycles. The molecule has 0 heterocycles. The molecule has 0 unspecified atom stereocenters. The van der Waals surface area contributed by atoms with Crippen LogP contribution in [0.3, 0.4) is 0 Å². The molecule has 3 aromatic carbocycles. The summed E-state index contributed by atoms with van der Waals surface area (Å²) in [5, 5.41) is 0. The summed E-state index contributed by atoms with van der Waals surface area (Å²) in [4.78, 5) is 12.3. The number of ether oxygens (including phenoxy) is 2. The maximum atomic E-state index is 12.3. The van der Waals surface area contributed by atoms with Gasteiger partial charge in [0.1, 0.15) is 11.5 Å². The van der Waals surface area contributed by atoms with E-state index < -0.39 is 0 Å². The highest BCUT2D eigenvalue weighted by atomic mass is 16.5. The van der Waals surface area contributed by atoms with Crippen molar-refractivity contribution in [1.29, 1.82) is 0 Å². The zero-order valence-corrected chi connectivity index (χ0v) is 16.9. The molecular weight excluding hydrogens is 360 g/mol. The van der Waals surface area contributed by atoms with Crippen molar-refractivity contribution in [3.63, 3.8) is 0 Å². The minimum absolute atomic E-state index is 0.107. The summed E-state index contributed by atoms with van der Waals surface area (Å²) in [6.07, 6.45) is 6.65. The fourth-order valence-electron chi connectivity index (χ4n) is 3.11. The molecule has 0 amide bonds. The lowest BCUT2D eigenvalue weighted by Crippen LogP contribution is -1.93. The lowest BCUT2D eigenvalue weighted by atomic mass is 9.99. The van der Waals surface area contributed by atoms with Crippen molar-refractivity contribution in [2.24, 2.45) is 0 Å². The van der Waals surface area contributed by atoms with Crippen molar-refractivity contribution >= 4 is 17.9 Å². The molecule has 0 bridgehead atoms. The number of hydrogen-bond acceptors (Lipinski definition) is 3. The van der Waals surface area contributed by atoms with Gasteiger partial charge in [0.25, 0.3) is 0 Å². The predicted octanol–water partition coefficient (Wildman–Crippen LogP) is 5.97. The number of benzene rings is 3. The summed E-state index contributed by atoms with van der Waals surface area (Å²) in [6.45, 7) is 2.05. The van der Waals surface area contributed by atoms with Crippen molar-refractivity contribution in [1.82, 2.24) is 0 Å². The van der Waals surface area contributed by atoms with Crippen molar-refractivity contribution in [3.8, 4) is 22.6 Å². The molecule has 0 atom stereocenters. The number of methoxy groups -OCH3 is 2. The van der Waals surface area contributed by atoms with Gasteiger partial charge in [-0.05, 0) is 59.5 Å². The summed E-state index contributed by atoms with van der Waals surface area (Å²) < 4.78 is 10.7. The lowest BCUT2D eigenvalue weighted by molar-refractivity contribution is -0.110. The van der Waals surface area contributed by atoms with Gasteiger partial charge in [0.05, 0.1) is 19.8 Å². The summed E-state index contributed by atoms with van der Waals surface area (Å²) in [7, 11) is 3.19. The first-order chi connectivity index (χ1) is 14.1. The molecule has 29 heavy (non-hydrogen) atoms. The molecule has 0 aliphatic rings. The van der Waals surface area contributed by atoms with E-state index in [4.69, 9.17) is 9.47 Å². The molecule has 0 spiro atoms. The SMILES string of the molecule is COc1cccc(OC)c1/C=C/C(=O)/C=C/c1ccc(-c2ccccc2)cc1C. The molecule has 0 saturated carbocycles. The lowest BCUT2D eigenvalue weighted by Gasteiger charge is -2.09. The normalized spacial score (nSPS) is 11.1. The van der Waals surface area contributed by atoms with E-state index in [-0.39, 0.29) is 5.78 Å². The van der Waals surface area contributed by atoms with Crippen LogP contribution in [0.5, 0.6) is 11.5 Å². The van der Waals surface area contributed by atoms with E-state index in [2.05, 4.69) is 24.3 Å². The first-order valence-corrected chi connectivity index (χ1v) is 9.39. The molecule has 0 radical (unpaired) electrons. The van der Waals surface area contributed by atoms with Crippen LogP contribution in [-0.2, 0) is 4.79 Å². The Morgan fingerprint density at radius 2 is 1.41 bits per heavy atom. The zero-order valence-electron chi connectivity index (χ0n) is 16.9. The third-order valence-electron chi connectivity index (χ3n) is 4.68. The van der Waals surface area contributed by atoms with Crippen LogP contribution in [0.25, 0.3) is 23.3 Å². The fraction of sp³-hybridized carbons (Fsp3) is 0.115. The Kier molecular flexibility index (Phi) is 6.64. The summed E-state index contributed by atoms with van der Waals surface area (Å²) in [5.41, 5.74) is 5.21. The Morgan fingerprint density at radius 1 is 0.759 bits per heavy atom. The third kappa shape index (κ3) is 5.02. The van der Waals surface area contributed by atoms with E-state index in [1.807, 2.05) is 55.5 Å². The minimum Gasteiger partial charge on any atom is -0.496 e. The van der Waals surface area contributed by atoms with Gasteiger partial charge in [0, 0.05) is 0 Å². The van der Waals surface area contributed by atoms with Gasteiger partial charge in [0.15, 0.2) is 5.78 Å². The molecule has 0 N–H and O–H groups in total. The van der Waals surface area contributed by atoms with Crippen molar-refractivity contribution in [3.05, 3.63) is 95.6 Å². The van der Waals surface area contributed by atoms with Gasteiger partial charge in [0.2, 0.25) is 0 Å². The summed E-state index contributed by atoms with van der Waals surface area (Å²) in [5.74, 6) is 1.21. The van der Waals surface area contributed by atoms with E-state index in [0.29, 0.717) is 11.5 Å². The molecule has 3 heteroatoms. The number of hydrogen-bond donors (Lipinski definition) is 0. The van der Waals surface area contributed by atoms with Crippen LogP contribution in [0, 0.1) is 6.92 Å². The van der Waals surface area contributed by atoms with Crippen LogP contribution in [0.4, 0.5) is 0 Å². The Hall–Kier alpha value is -3.59. The zero-order chi connectivity index (χ0) is 20.6. The van der Waals surface area contributed by atoms with Gasteiger partial charge in [-0.1, -0.05) is 60.7 Å². The molecule has 0 aliphatic heterocycles. The molecular formula is C26H24O3. The second-order valence-electron chi connectivity index (χ2n) is 6.58. The van der Waals surface area contributed by atoms with Crippen molar-refractivity contribution < 1.29 is 14.3 Å². The van der Waals surface area contributed by atoms with Gasteiger partial charge in [-0.15, -0.1) is 0 Å². The molecule has 0 aliphatic carbocycles. The molecule has 0 saturated heterocycles. The summed E-state index contributed by atoms with van der Waals surface area (Å²) in [6, 6.07) is 22.0. The van der Waals surface area contributed by atoms with Gasteiger partial charge >= 0.3 is 0 Å². The second-order valence-corrected chi connectivity index (χ2v) is 6.58. The van der Waals surface area contributed by atoms with Crippen molar-refractivity contribution in [2.75, 3.05) is 14.2 Å². The highest BCUT2D eigenvalue weighted by molar-refractivity contribution is 6.05. The van der Waals surface area contributed by atoms with E-state index in [1.54, 1.807) is 26.4 Å². The minimum atomic E-state index is -0.107. The van der Waals surface area contributed by atoms with Crippen LogP contribution in [0.15, 0.2) is 78.9 Å². The Bertz CT molecular complexity index is 1020. The number of ketones is 1. The van der Waals surface area contributed by atoms with Gasteiger partial charge in [-0.3, -0.25) is 4.79 Å². The van der Waals surface area contributed by atoms with Crippen LogP contribution in [0.2, 0.25) is 0 Å². The van der Waals surface area contributed by atoms with Crippen LogP contribution in [-0.4, -0.2) is 20.0 Å². The maximum absolute atomic E-state index is 12.3. The van der Waals surface area contributed by atoms with E-state index in [1.165, 1.54) is 11.6 Å². The largest absolute Gasteiger partial charge is 0.496 e. The number of carbonyl (C=O) groups excluding carboxylic acids is 1. The van der Waals surface area contributed by atoms with E-state index in [9.17, 15) is 4.79 Å². The number of aryl methyl sites for hydroxylation is 1. The molecule has 0 fully saturated rings. The first kappa shape index (κ1) is 20.2. The van der Waals surface area contributed by atoms with E-state index >= 15 is 0 Å². The van der Waals surface area contributed by atoms with E-state index in [0.717, 1.165) is 22.3 Å². The van der Waals surface area contributed by atoms with Crippen molar-refractivity contribution in [2.45, 2.75) is 6.92 Å². The topological polar surface area (TPSA) is 35.5 Å². The van der Waals surface area contributed by atoms with Crippen LogP contribution in [0.1, 0.15) is 16.7 Å². The van der Waals surface area contributed by atoms with Crippen LogP contribution < -0.4 is 9.47 Å². The first-order valence-electron chi connectivity index (χ1n) is 9.39. The standard InChI is InChI=1S/C26H24O3/c1-19-18-22(21-8-5-4-6-9-21)13-12-20(19)14-15-23(27)16-17-24-25(28-2)10-7-11-26(24)29-3/h4-18H,1-3H3/b15-14+,17-16+.